The highest BCUT2D eigenvalue weighted by atomic mass is 19.1. The van der Waals surface area contributed by atoms with Crippen LogP contribution in [0.3, 0.4) is 0 Å². The maximum atomic E-state index is 14.5. The van der Waals surface area contributed by atoms with Crippen LogP contribution in [-0.2, 0) is 0 Å². The van der Waals surface area contributed by atoms with Crippen LogP contribution in [0.1, 0.15) is 47.6 Å². The maximum Gasteiger partial charge on any atom is 0.269 e. The molecule has 32 heavy (non-hydrogen) atoms. The SMILES string of the molecule is O=C(NN1CCC(O)CC1)c1cnn2ccc(N3CCC[C@@H]3c3cc(F)ccc3F)cc12. The standard InChI is InChI=1S/C23H25F2N5O2/c24-15-3-4-20(25)18(12-15)21-2-1-8-29(21)16-5-11-30-22(13-16)19(14-26-30)23(32)27-28-9-6-17(31)7-10-28/h3-5,11-14,17,21,31H,1-2,6-10H2,(H,27,32)/t21-/m1/s1. The number of rotatable bonds is 4. The summed E-state index contributed by atoms with van der Waals surface area (Å²) in [6, 6.07) is 7.05. The van der Waals surface area contributed by atoms with Gasteiger partial charge in [0, 0.05) is 37.1 Å². The van der Waals surface area contributed by atoms with Crippen molar-refractivity contribution in [3.05, 3.63) is 65.5 Å². The first kappa shape index (κ1) is 20.8. The van der Waals surface area contributed by atoms with Crippen LogP contribution in [0.25, 0.3) is 5.52 Å². The first-order valence-electron chi connectivity index (χ1n) is 10.9. The van der Waals surface area contributed by atoms with E-state index in [1.165, 1.54) is 18.3 Å². The summed E-state index contributed by atoms with van der Waals surface area (Å²) in [6.45, 7) is 1.89. The summed E-state index contributed by atoms with van der Waals surface area (Å²) in [4.78, 5) is 15.0. The van der Waals surface area contributed by atoms with Gasteiger partial charge in [-0.3, -0.25) is 10.2 Å². The minimum absolute atomic E-state index is 0.261. The molecule has 2 fully saturated rings. The van der Waals surface area contributed by atoms with Gasteiger partial charge in [-0.05, 0) is 56.0 Å². The molecule has 1 atom stereocenters. The lowest BCUT2D eigenvalue weighted by atomic mass is 10.0. The number of aliphatic hydroxyl groups is 1. The second kappa shape index (κ2) is 8.48. The average Bonchev–Trinajstić information content (AvgIpc) is 3.43. The fourth-order valence-electron chi connectivity index (χ4n) is 4.67. The monoisotopic (exact) mass is 441 g/mol. The number of aliphatic hydroxyl groups excluding tert-OH is 1. The van der Waals surface area contributed by atoms with E-state index in [0.717, 1.165) is 24.6 Å². The van der Waals surface area contributed by atoms with E-state index in [-0.39, 0.29) is 18.1 Å². The molecule has 0 bridgehead atoms. The van der Waals surface area contributed by atoms with Crippen molar-refractivity contribution in [3.8, 4) is 0 Å². The van der Waals surface area contributed by atoms with Crippen molar-refractivity contribution in [2.75, 3.05) is 24.5 Å². The summed E-state index contributed by atoms with van der Waals surface area (Å²) in [5, 5.41) is 15.8. The van der Waals surface area contributed by atoms with E-state index >= 15 is 0 Å². The molecule has 168 valence electrons. The number of piperidine rings is 1. The zero-order valence-electron chi connectivity index (χ0n) is 17.5. The summed E-state index contributed by atoms with van der Waals surface area (Å²) in [5.41, 5.74) is 5.15. The van der Waals surface area contributed by atoms with Gasteiger partial charge in [0.1, 0.15) is 11.6 Å². The number of hydrogen-bond acceptors (Lipinski definition) is 5. The summed E-state index contributed by atoms with van der Waals surface area (Å²) < 4.78 is 29.9. The number of nitrogens with one attached hydrogen (secondary N) is 1. The Kier molecular flexibility index (Phi) is 5.52. The maximum absolute atomic E-state index is 14.5. The highest BCUT2D eigenvalue weighted by Crippen LogP contribution is 2.38. The molecule has 1 amide bonds. The zero-order chi connectivity index (χ0) is 22.2. The predicted molar refractivity (Wildman–Crippen MR) is 115 cm³/mol. The zero-order valence-corrected chi connectivity index (χ0v) is 17.5. The van der Waals surface area contributed by atoms with Crippen LogP contribution in [0.4, 0.5) is 14.5 Å². The van der Waals surface area contributed by atoms with E-state index in [2.05, 4.69) is 15.4 Å². The number of anilines is 1. The lowest BCUT2D eigenvalue weighted by Gasteiger charge is -2.29. The smallest absolute Gasteiger partial charge is 0.269 e. The number of halogens is 2. The van der Waals surface area contributed by atoms with Gasteiger partial charge in [-0.2, -0.15) is 5.10 Å². The number of carbonyl (C=O) groups is 1. The molecule has 2 aliphatic rings. The Bertz CT molecular complexity index is 1140. The Hall–Kier alpha value is -3.04. The van der Waals surface area contributed by atoms with Crippen LogP contribution in [0.5, 0.6) is 0 Å². The number of nitrogens with zero attached hydrogens (tertiary/aromatic N) is 4. The van der Waals surface area contributed by atoms with E-state index in [1.807, 2.05) is 17.1 Å². The van der Waals surface area contributed by atoms with Crippen LogP contribution >= 0.6 is 0 Å². The van der Waals surface area contributed by atoms with E-state index < -0.39 is 11.6 Å². The van der Waals surface area contributed by atoms with Crippen LogP contribution < -0.4 is 10.3 Å². The molecule has 1 aromatic carbocycles. The highest BCUT2D eigenvalue weighted by Gasteiger charge is 2.29. The summed E-state index contributed by atoms with van der Waals surface area (Å²) in [7, 11) is 0. The van der Waals surface area contributed by atoms with Crippen molar-refractivity contribution in [2.45, 2.75) is 37.8 Å². The molecule has 2 aliphatic heterocycles. The number of pyridine rings is 1. The van der Waals surface area contributed by atoms with Gasteiger partial charge >= 0.3 is 0 Å². The molecule has 7 nitrogen and oxygen atoms in total. The van der Waals surface area contributed by atoms with Gasteiger partial charge in [0.25, 0.3) is 5.91 Å². The second-order valence-electron chi connectivity index (χ2n) is 8.45. The number of amides is 1. The Balaban J connectivity index is 1.42. The Morgan fingerprint density at radius 3 is 2.72 bits per heavy atom. The van der Waals surface area contributed by atoms with Crippen molar-refractivity contribution in [1.82, 2.24) is 20.0 Å². The third-order valence-corrected chi connectivity index (χ3v) is 6.38. The second-order valence-corrected chi connectivity index (χ2v) is 8.45. The molecular weight excluding hydrogens is 416 g/mol. The van der Waals surface area contributed by atoms with Crippen LogP contribution in [0.15, 0.2) is 42.7 Å². The minimum Gasteiger partial charge on any atom is -0.393 e. The quantitative estimate of drug-likeness (QED) is 0.651. The van der Waals surface area contributed by atoms with Crippen molar-refractivity contribution in [1.29, 1.82) is 0 Å². The molecule has 5 rings (SSSR count). The van der Waals surface area contributed by atoms with Crippen LogP contribution in [0, 0.1) is 11.6 Å². The van der Waals surface area contributed by atoms with Crippen LogP contribution in [0.2, 0.25) is 0 Å². The van der Waals surface area contributed by atoms with Crippen molar-refractivity contribution < 1.29 is 18.7 Å². The Labute approximate surface area is 184 Å². The number of fused-ring (bicyclic) bond motifs is 1. The normalized spacial score (nSPS) is 20.2. The number of hydrazine groups is 1. The van der Waals surface area contributed by atoms with Crippen molar-refractivity contribution >= 4 is 17.1 Å². The lowest BCUT2D eigenvalue weighted by Crippen LogP contribution is -2.47. The number of carbonyl (C=O) groups excluding carboxylic acids is 1. The third-order valence-electron chi connectivity index (χ3n) is 6.38. The molecule has 0 unspecified atom stereocenters. The third kappa shape index (κ3) is 3.93. The fourth-order valence-corrected chi connectivity index (χ4v) is 4.67. The number of hydrogen-bond donors (Lipinski definition) is 2. The van der Waals surface area contributed by atoms with E-state index in [1.54, 1.807) is 10.7 Å². The summed E-state index contributed by atoms with van der Waals surface area (Å²) in [5.74, 6) is -1.13. The van der Waals surface area contributed by atoms with E-state index in [0.29, 0.717) is 49.1 Å². The molecule has 2 aromatic heterocycles. The van der Waals surface area contributed by atoms with Gasteiger partial charge in [-0.15, -0.1) is 0 Å². The van der Waals surface area contributed by atoms with E-state index in [9.17, 15) is 18.7 Å². The number of benzene rings is 1. The van der Waals surface area contributed by atoms with E-state index in [4.69, 9.17) is 0 Å². The predicted octanol–water partition coefficient (Wildman–Crippen LogP) is 3.06. The summed E-state index contributed by atoms with van der Waals surface area (Å²) in [6.07, 6.45) is 5.80. The fraction of sp³-hybridized carbons (Fsp3) is 0.391. The molecule has 2 saturated heterocycles. The molecule has 0 saturated carbocycles. The first-order chi connectivity index (χ1) is 15.5. The van der Waals surface area contributed by atoms with Gasteiger partial charge in [0.15, 0.2) is 0 Å². The molecule has 3 aromatic rings. The molecule has 2 N–H and O–H groups in total. The number of aromatic nitrogens is 2. The molecule has 9 heteroatoms. The topological polar surface area (TPSA) is 73.1 Å². The molecular formula is C23H25F2N5O2. The van der Waals surface area contributed by atoms with Gasteiger partial charge < -0.3 is 10.0 Å². The first-order valence-corrected chi connectivity index (χ1v) is 10.9. The van der Waals surface area contributed by atoms with Gasteiger partial charge in [0.05, 0.1) is 29.4 Å². The molecule has 4 heterocycles. The molecule has 0 radical (unpaired) electrons. The minimum atomic E-state index is -0.455. The molecule has 0 aliphatic carbocycles. The lowest BCUT2D eigenvalue weighted by molar-refractivity contribution is 0.0468. The van der Waals surface area contributed by atoms with Crippen molar-refractivity contribution in [3.63, 3.8) is 0 Å². The van der Waals surface area contributed by atoms with Gasteiger partial charge in [0.2, 0.25) is 0 Å². The molecule has 0 spiro atoms. The Morgan fingerprint density at radius 1 is 1.09 bits per heavy atom. The Morgan fingerprint density at radius 2 is 1.91 bits per heavy atom. The summed E-state index contributed by atoms with van der Waals surface area (Å²) >= 11 is 0. The van der Waals surface area contributed by atoms with Gasteiger partial charge in [-0.25, -0.2) is 18.3 Å². The highest BCUT2D eigenvalue weighted by molar-refractivity contribution is 6.00. The average molecular weight is 441 g/mol. The van der Waals surface area contributed by atoms with Gasteiger partial charge in [-0.1, -0.05) is 0 Å². The largest absolute Gasteiger partial charge is 0.393 e. The van der Waals surface area contributed by atoms with Crippen molar-refractivity contribution in [2.24, 2.45) is 0 Å². The van der Waals surface area contributed by atoms with Crippen LogP contribution in [-0.4, -0.2) is 51.4 Å².